The third-order valence-corrected chi connectivity index (χ3v) is 6.38. The number of rotatable bonds is 8. The highest BCUT2D eigenvalue weighted by Gasteiger charge is 2.26. The summed E-state index contributed by atoms with van der Waals surface area (Å²) in [5.74, 6) is 1.54. The molecule has 3 rings (SSSR count). The van der Waals surface area contributed by atoms with Crippen molar-refractivity contribution in [1.82, 2.24) is 4.90 Å². The number of nitrogens with zero attached hydrogens (tertiary/aromatic N) is 1. The second-order valence-corrected chi connectivity index (χ2v) is 8.20. The molecule has 1 saturated heterocycles. The first-order valence-electron chi connectivity index (χ1n) is 10.00. The van der Waals surface area contributed by atoms with Crippen LogP contribution >= 0.6 is 11.8 Å². The van der Waals surface area contributed by atoms with Crippen LogP contribution in [-0.4, -0.2) is 43.4 Å². The number of methoxy groups -OCH3 is 2. The summed E-state index contributed by atoms with van der Waals surface area (Å²) in [6.07, 6.45) is 4.97. The summed E-state index contributed by atoms with van der Waals surface area (Å²) in [7, 11) is 3.26. The molecule has 0 radical (unpaired) electrons. The number of benzene rings is 2. The Morgan fingerprint density at radius 2 is 1.93 bits per heavy atom. The van der Waals surface area contributed by atoms with E-state index >= 15 is 0 Å². The zero-order valence-electron chi connectivity index (χ0n) is 17.0. The van der Waals surface area contributed by atoms with Crippen LogP contribution in [0, 0.1) is 5.82 Å². The fourth-order valence-electron chi connectivity index (χ4n) is 3.78. The molecule has 4 nitrogen and oxygen atoms in total. The maximum absolute atomic E-state index is 13.8. The van der Waals surface area contributed by atoms with Gasteiger partial charge in [-0.2, -0.15) is 0 Å². The van der Waals surface area contributed by atoms with Crippen molar-refractivity contribution in [2.45, 2.75) is 43.0 Å². The topological polar surface area (TPSA) is 38.8 Å². The van der Waals surface area contributed by atoms with Crippen molar-refractivity contribution in [3.8, 4) is 11.5 Å². The Labute approximate surface area is 176 Å². The monoisotopic (exact) mass is 417 g/mol. The predicted octanol–water partition coefficient (Wildman–Crippen LogP) is 4.95. The highest BCUT2D eigenvalue weighted by atomic mass is 32.2. The van der Waals surface area contributed by atoms with Gasteiger partial charge in [-0.15, -0.1) is 11.8 Å². The summed E-state index contributed by atoms with van der Waals surface area (Å²) in [6, 6.07) is 12.8. The lowest BCUT2D eigenvalue weighted by Gasteiger charge is -2.36. The first-order chi connectivity index (χ1) is 14.1. The van der Waals surface area contributed by atoms with Crippen LogP contribution in [0.1, 0.15) is 31.2 Å². The molecule has 1 fully saturated rings. The van der Waals surface area contributed by atoms with Crippen LogP contribution in [0.2, 0.25) is 0 Å². The average Bonchev–Trinajstić information content (AvgIpc) is 2.76. The third-order valence-electron chi connectivity index (χ3n) is 5.35. The zero-order chi connectivity index (χ0) is 20.6. The quantitative estimate of drug-likeness (QED) is 0.570. The van der Waals surface area contributed by atoms with Crippen LogP contribution in [0.15, 0.2) is 47.4 Å². The minimum Gasteiger partial charge on any atom is -0.493 e. The van der Waals surface area contributed by atoms with E-state index in [1.165, 1.54) is 23.4 Å². The molecule has 156 valence electrons. The normalized spacial score (nSPS) is 16.5. The van der Waals surface area contributed by atoms with Gasteiger partial charge in [0.1, 0.15) is 5.82 Å². The third kappa shape index (κ3) is 5.66. The molecular weight excluding hydrogens is 389 g/mol. The van der Waals surface area contributed by atoms with Crippen LogP contribution in [-0.2, 0) is 11.2 Å². The van der Waals surface area contributed by atoms with E-state index in [1.807, 2.05) is 23.1 Å². The fraction of sp³-hybridized carbons (Fsp3) is 0.435. The van der Waals surface area contributed by atoms with Crippen LogP contribution < -0.4 is 9.47 Å². The van der Waals surface area contributed by atoms with Crippen LogP contribution in [0.3, 0.4) is 0 Å². The zero-order valence-corrected chi connectivity index (χ0v) is 17.8. The summed E-state index contributed by atoms with van der Waals surface area (Å²) in [6.45, 7) is 0.785. The number of halogens is 1. The Hall–Kier alpha value is -2.21. The maximum atomic E-state index is 13.8. The van der Waals surface area contributed by atoms with Crippen molar-refractivity contribution in [1.29, 1.82) is 0 Å². The van der Waals surface area contributed by atoms with Crippen LogP contribution in [0.5, 0.6) is 11.5 Å². The van der Waals surface area contributed by atoms with Gasteiger partial charge in [0.25, 0.3) is 0 Å². The van der Waals surface area contributed by atoms with E-state index in [2.05, 4.69) is 0 Å². The van der Waals surface area contributed by atoms with E-state index in [0.717, 1.165) is 50.1 Å². The molecule has 0 aliphatic carbocycles. The molecule has 0 saturated carbocycles. The lowest BCUT2D eigenvalue weighted by Crippen LogP contribution is -2.44. The van der Waals surface area contributed by atoms with Gasteiger partial charge in [0.15, 0.2) is 11.5 Å². The summed E-state index contributed by atoms with van der Waals surface area (Å²) in [4.78, 5) is 15.4. The summed E-state index contributed by atoms with van der Waals surface area (Å²) < 4.78 is 24.5. The first kappa shape index (κ1) is 21.5. The number of carbonyl (C=O) groups excluding carboxylic acids is 1. The Kier molecular flexibility index (Phi) is 7.81. The van der Waals surface area contributed by atoms with Crippen molar-refractivity contribution in [3.05, 3.63) is 53.8 Å². The van der Waals surface area contributed by atoms with E-state index in [-0.39, 0.29) is 23.5 Å². The highest BCUT2D eigenvalue weighted by Crippen LogP contribution is 2.30. The second kappa shape index (κ2) is 10.5. The number of hydrogen-bond donors (Lipinski definition) is 0. The number of piperidine rings is 1. The lowest BCUT2D eigenvalue weighted by atomic mass is 9.95. The SMILES string of the molecule is COc1ccc(CCC2CCCCN2C(=O)CSc2ccccc2F)cc1OC. The van der Waals surface area contributed by atoms with Crippen molar-refractivity contribution >= 4 is 17.7 Å². The lowest BCUT2D eigenvalue weighted by molar-refractivity contribution is -0.132. The summed E-state index contributed by atoms with van der Waals surface area (Å²) in [5, 5.41) is 0. The van der Waals surface area contributed by atoms with Gasteiger partial charge < -0.3 is 14.4 Å². The molecule has 2 aromatic carbocycles. The number of amides is 1. The molecule has 29 heavy (non-hydrogen) atoms. The van der Waals surface area contributed by atoms with Gasteiger partial charge in [-0.1, -0.05) is 18.2 Å². The van der Waals surface area contributed by atoms with Crippen molar-refractivity contribution in [2.75, 3.05) is 26.5 Å². The molecule has 1 unspecified atom stereocenters. The smallest absolute Gasteiger partial charge is 0.233 e. The van der Waals surface area contributed by atoms with E-state index in [4.69, 9.17) is 9.47 Å². The Morgan fingerprint density at radius 3 is 2.69 bits per heavy atom. The number of ether oxygens (including phenoxy) is 2. The number of thioether (sulfide) groups is 1. The number of hydrogen-bond acceptors (Lipinski definition) is 4. The molecule has 1 aliphatic rings. The predicted molar refractivity (Wildman–Crippen MR) is 114 cm³/mol. The summed E-state index contributed by atoms with van der Waals surface area (Å²) >= 11 is 1.28. The van der Waals surface area contributed by atoms with E-state index < -0.39 is 0 Å². The van der Waals surface area contributed by atoms with E-state index in [1.54, 1.807) is 32.4 Å². The number of aryl methyl sites for hydroxylation is 1. The van der Waals surface area contributed by atoms with Gasteiger partial charge in [-0.3, -0.25) is 4.79 Å². The fourth-order valence-corrected chi connectivity index (χ4v) is 4.61. The largest absolute Gasteiger partial charge is 0.493 e. The molecule has 1 heterocycles. The summed E-state index contributed by atoms with van der Waals surface area (Å²) in [5.41, 5.74) is 1.17. The number of carbonyl (C=O) groups is 1. The maximum Gasteiger partial charge on any atom is 0.233 e. The number of likely N-dealkylation sites (tertiary alicyclic amines) is 1. The minimum absolute atomic E-state index is 0.0928. The molecular formula is C23H28FNO3S. The molecule has 0 spiro atoms. The Balaban J connectivity index is 1.59. The standard InChI is InChI=1S/C23H28FNO3S/c1-27-20-13-11-17(15-21(20)28-2)10-12-18-7-5-6-14-25(18)23(26)16-29-22-9-4-3-8-19(22)24/h3-4,8-9,11,13,15,18H,5-7,10,12,14,16H2,1-2H3. The van der Waals surface area contributed by atoms with Crippen molar-refractivity contribution in [2.24, 2.45) is 0 Å². The molecule has 1 amide bonds. The molecule has 0 N–H and O–H groups in total. The Bertz CT molecular complexity index is 830. The van der Waals surface area contributed by atoms with E-state index in [9.17, 15) is 9.18 Å². The molecule has 1 aliphatic heterocycles. The van der Waals surface area contributed by atoms with Gasteiger partial charge >= 0.3 is 0 Å². The van der Waals surface area contributed by atoms with Gasteiger partial charge in [0.05, 0.1) is 20.0 Å². The van der Waals surface area contributed by atoms with Crippen molar-refractivity contribution < 1.29 is 18.7 Å². The van der Waals surface area contributed by atoms with Crippen molar-refractivity contribution in [3.63, 3.8) is 0 Å². The minimum atomic E-state index is -0.269. The van der Waals surface area contributed by atoms with E-state index in [0.29, 0.717) is 4.90 Å². The highest BCUT2D eigenvalue weighted by molar-refractivity contribution is 8.00. The molecule has 2 aromatic rings. The van der Waals surface area contributed by atoms with Gasteiger partial charge in [0, 0.05) is 17.5 Å². The van der Waals surface area contributed by atoms with Crippen LogP contribution in [0.25, 0.3) is 0 Å². The second-order valence-electron chi connectivity index (χ2n) is 7.18. The van der Waals surface area contributed by atoms with Gasteiger partial charge in [-0.25, -0.2) is 4.39 Å². The first-order valence-corrected chi connectivity index (χ1v) is 11.0. The van der Waals surface area contributed by atoms with Gasteiger partial charge in [-0.05, 0) is 61.9 Å². The van der Waals surface area contributed by atoms with Gasteiger partial charge in [0.2, 0.25) is 5.91 Å². The molecule has 1 atom stereocenters. The van der Waals surface area contributed by atoms with Crippen LogP contribution in [0.4, 0.5) is 4.39 Å². The molecule has 6 heteroatoms. The Morgan fingerprint density at radius 1 is 1.14 bits per heavy atom. The molecule has 0 bridgehead atoms. The molecule has 0 aromatic heterocycles. The average molecular weight is 418 g/mol.